The number of fused-ring (bicyclic) bond motifs is 6. The van der Waals surface area contributed by atoms with Gasteiger partial charge in [-0.3, -0.25) is 9.78 Å². The Hall–Kier alpha value is -2.76. The zero-order chi connectivity index (χ0) is 17.0. The molecule has 0 aromatic carbocycles. The highest BCUT2D eigenvalue weighted by atomic mass is 16.2. The summed E-state index contributed by atoms with van der Waals surface area (Å²) in [6, 6.07) is 6.23. The van der Waals surface area contributed by atoms with Gasteiger partial charge in [-0.25, -0.2) is 9.50 Å². The van der Waals surface area contributed by atoms with Gasteiger partial charge in [-0.1, -0.05) is 6.07 Å². The lowest BCUT2D eigenvalue weighted by Gasteiger charge is -2.36. The van der Waals surface area contributed by atoms with Gasteiger partial charge >= 0.3 is 0 Å². The van der Waals surface area contributed by atoms with E-state index in [9.17, 15) is 4.79 Å². The first kappa shape index (κ1) is 14.6. The quantitative estimate of drug-likeness (QED) is 0.722. The Labute approximate surface area is 145 Å². The van der Waals surface area contributed by atoms with Crippen LogP contribution in [-0.2, 0) is 17.6 Å². The minimum atomic E-state index is 0.124. The maximum Gasteiger partial charge on any atom is 0.227 e. The third kappa shape index (κ3) is 2.24. The minimum absolute atomic E-state index is 0.124. The van der Waals surface area contributed by atoms with Crippen molar-refractivity contribution in [2.75, 3.05) is 0 Å². The SMILES string of the molecule is Cc1cc2ncc3c(n2n1)C[C@H]1CC[C@@H]3N1C(=O)Cc1cccnc1. The van der Waals surface area contributed by atoms with Crippen molar-refractivity contribution in [3.05, 3.63) is 59.3 Å². The second-order valence-corrected chi connectivity index (χ2v) is 7.01. The van der Waals surface area contributed by atoms with Gasteiger partial charge in [0.05, 0.1) is 23.9 Å². The number of aryl methyl sites for hydroxylation is 1. The van der Waals surface area contributed by atoms with Crippen LogP contribution in [0.4, 0.5) is 0 Å². The Kier molecular flexibility index (Phi) is 3.13. The third-order valence-corrected chi connectivity index (χ3v) is 5.39. The summed E-state index contributed by atoms with van der Waals surface area (Å²) in [5, 5.41) is 4.60. The van der Waals surface area contributed by atoms with E-state index < -0.39 is 0 Å². The Morgan fingerprint density at radius 3 is 3.08 bits per heavy atom. The maximum atomic E-state index is 13.0. The van der Waals surface area contributed by atoms with E-state index in [4.69, 9.17) is 0 Å². The highest BCUT2D eigenvalue weighted by molar-refractivity contribution is 5.80. The summed E-state index contributed by atoms with van der Waals surface area (Å²) in [7, 11) is 0. The van der Waals surface area contributed by atoms with Gasteiger partial charge < -0.3 is 4.90 Å². The molecule has 0 unspecified atom stereocenters. The number of nitrogens with zero attached hydrogens (tertiary/aromatic N) is 5. The third-order valence-electron chi connectivity index (χ3n) is 5.39. The molecule has 3 aromatic heterocycles. The molecule has 1 amide bonds. The minimum Gasteiger partial charge on any atom is -0.332 e. The topological polar surface area (TPSA) is 63.4 Å². The summed E-state index contributed by atoms with van der Waals surface area (Å²) in [4.78, 5) is 23.7. The van der Waals surface area contributed by atoms with Gasteiger partial charge in [0, 0.05) is 42.7 Å². The summed E-state index contributed by atoms with van der Waals surface area (Å²) in [5.74, 6) is 0.183. The molecule has 0 N–H and O–H groups in total. The zero-order valence-corrected chi connectivity index (χ0v) is 14.1. The Morgan fingerprint density at radius 1 is 1.32 bits per heavy atom. The summed E-state index contributed by atoms with van der Waals surface area (Å²) in [6.07, 6.45) is 8.76. The van der Waals surface area contributed by atoms with Crippen LogP contribution >= 0.6 is 0 Å². The molecular weight excluding hydrogens is 314 g/mol. The molecule has 6 heteroatoms. The molecule has 1 fully saturated rings. The number of hydrogen-bond acceptors (Lipinski definition) is 4. The molecule has 5 heterocycles. The Balaban J connectivity index is 1.51. The molecule has 25 heavy (non-hydrogen) atoms. The van der Waals surface area contributed by atoms with Crippen molar-refractivity contribution < 1.29 is 4.79 Å². The number of rotatable bonds is 2. The van der Waals surface area contributed by atoms with Crippen LogP contribution in [0.3, 0.4) is 0 Å². The smallest absolute Gasteiger partial charge is 0.227 e. The number of pyridine rings is 1. The van der Waals surface area contributed by atoms with Gasteiger partial charge in [0.2, 0.25) is 5.91 Å². The molecule has 6 nitrogen and oxygen atoms in total. The number of carbonyl (C=O) groups excluding carboxylic acids is 1. The van der Waals surface area contributed by atoms with Crippen molar-refractivity contribution in [2.24, 2.45) is 0 Å². The monoisotopic (exact) mass is 333 g/mol. The largest absolute Gasteiger partial charge is 0.332 e. The first-order chi connectivity index (χ1) is 12.2. The van der Waals surface area contributed by atoms with Crippen LogP contribution in [0, 0.1) is 6.92 Å². The first-order valence-corrected chi connectivity index (χ1v) is 8.75. The second kappa shape index (κ2) is 5.37. The van der Waals surface area contributed by atoms with E-state index in [0.29, 0.717) is 6.42 Å². The summed E-state index contributed by atoms with van der Waals surface area (Å²) in [6.45, 7) is 1.99. The van der Waals surface area contributed by atoms with Crippen LogP contribution in [0.15, 0.2) is 36.8 Å². The van der Waals surface area contributed by atoms with Crippen molar-refractivity contribution in [1.82, 2.24) is 24.5 Å². The molecular formula is C19H19N5O. The maximum absolute atomic E-state index is 13.0. The summed E-state index contributed by atoms with van der Waals surface area (Å²) in [5.41, 5.74) is 5.21. The van der Waals surface area contributed by atoms with Crippen molar-refractivity contribution in [3.8, 4) is 0 Å². The van der Waals surface area contributed by atoms with E-state index in [0.717, 1.165) is 41.7 Å². The molecule has 2 aliphatic rings. The van der Waals surface area contributed by atoms with Crippen LogP contribution in [0.5, 0.6) is 0 Å². The first-order valence-electron chi connectivity index (χ1n) is 8.75. The Morgan fingerprint density at radius 2 is 2.24 bits per heavy atom. The average molecular weight is 333 g/mol. The molecule has 2 atom stereocenters. The predicted octanol–water partition coefficient (Wildman–Crippen LogP) is 2.26. The van der Waals surface area contributed by atoms with Gasteiger partial charge in [-0.2, -0.15) is 5.10 Å². The second-order valence-electron chi connectivity index (χ2n) is 7.01. The molecule has 0 spiro atoms. The molecule has 2 bridgehead atoms. The van der Waals surface area contributed by atoms with Gasteiger partial charge in [0.15, 0.2) is 5.65 Å². The van der Waals surface area contributed by atoms with Crippen LogP contribution in [0.25, 0.3) is 5.65 Å². The van der Waals surface area contributed by atoms with Gasteiger partial charge in [0.1, 0.15) is 0 Å². The summed E-state index contributed by atoms with van der Waals surface area (Å²) >= 11 is 0. The number of amides is 1. The molecule has 3 aromatic rings. The van der Waals surface area contributed by atoms with Crippen LogP contribution in [0.2, 0.25) is 0 Å². The average Bonchev–Trinajstić information content (AvgIpc) is 3.15. The molecule has 0 radical (unpaired) electrons. The number of aromatic nitrogens is 4. The van der Waals surface area contributed by atoms with E-state index in [2.05, 4.69) is 20.0 Å². The van der Waals surface area contributed by atoms with Crippen molar-refractivity contribution in [3.63, 3.8) is 0 Å². The van der Waals surface area contributed by atoms with E-state index in [-0.39, 0.29) is 18.0 Å². The highest BCUT2D eigenvalue weighted by Crippen LogP contribution is 2.43. The van der Waals surface area contributed by atoms with Crippen molar-refractivity contribution in [1.29, 1.82) is 0 Å². The standard InChI is InChI=1S/C19H19N5O/c1-12-7-18-21-11-15-16-5-4-14(9-17(15)24(18)22-12)23(16)19(25)8-13-3-2-6-20-10-13/h2-3,6-7,10-11,14,16H,4-5,8-9H2,1H3/t14-,16+/m1/s1. The lowest BCUT2D eigenvalue weighted by Crippen LogP contribution is -2.43. The van der Waals surface area contributed by atoms with E-state index >= 15 is 0 Å². The zero-order valence-electron chi connectivity index (χ0n) is 14.1. The van der Waals surface area contributed by atoms with Crippen LogP contribution < -0.4 is 0 Å². The van der Waals surface area contributed by atoms with Gasteiger partial charge in [-0.15, -0.1) is 0 Å². The fourth-order valence-corrected chi connectivity index (χ4v) is 4.35. The van der Waals surface area contributed by atoms with Crippen molar-refractivity contribution in [2.45, 2.75) is 44.7 Å². The number of hydrogen-bond donors (Lipinski definition) is 0. The molecule has 1 saturated heterocycles. The summed E-state index contributed by atoms with van der Waals surface area (Å²) < 4.78 is 1.97. The lowest BCUT2D eigenvalue weighted by atomic mass is 9.98. The van der Waals surface area contributed by atoms with Crippen LogP contribution in [-0.4, -0.2) is 36.4 Å². The lowest BCUT2D eigenvalue weighted by molar-refractivity contribution is -0.134. The van der Waals surface area contributed by atoms with E-state index in [1.54, 1.807) is 12.4 Å². The Bertz CT molecular complexity index is 965. The predicted molar refractivity (Wildman–Crippen MR) is 92.0 cm³/mol. The molecule has 5 rings (SSSR count). The molecule has 0 aliphatic carbocycles. The van der Waals surface area contributed by atoms with Crippen molar-refractivity contribution >= 4 is 11.6 Å². The number of carbonyl (C=O) groups is 1. The molecule has 0 saturated carbocycles. The normalized spacial score (nSPS) is 21.6. The van der Waals surface area contributed by atoms with Gasteiger partial charge in [0.25, 0.3) is 0 Å². The fraction of sp³-hybridized carbons (Fsp3) is 0.368. The molecule has 2 aliphatic heterocycles. The highest BCUT2D eigenvalue weighted by Gasteiger charge is 2.43. The van der Waals surface area contributed by atoms with Gasteiger partial charge in [-0.05, 0) is 31.4 Å². The molecule has 126 valence electrons. The van der Waals surface area contributed by atoms with Crippen LogP contribution in [0.1, 0.15) is 41.4 Å². The fourth-order valence-electron chi connectivity index (χ4n) is 4.35. The van der Waals surface area contributed by atoms with E-state index in [1.165, 1.54) is 5.69 Å². The van der Waals surface area contributed by atoms with E-state index in [1.807, 2.05) is 35.8 Å².